The molecular formula is C21H25NO6. The fourth-order valence-corrected chi connectivity index (χ4v) is 2.34. The van der Waals surface area contributed by atoms with E-state index in [1.54, 1.807) is 6.07 Å². The predicted octanol–water partition coefficient (Wildman–Crippen LogP) is 2.49. The van der Waals surface area contributed by atoms with E-state index >= 15 is 0 Å². The molecule has 0 amide bonds. The van der Waals surface area contributed by atoms with Gasteiger partial charge in [-0.1, -0.05) is 30.3 Å². The Labute approximate surface area is 163 Å². The van der Waals surface area contributed by atoms with E-state index in [-0.39, 0.29) is 11.5 Å². The van der Waals surface area contributed by atoms with E-state index in [2.05, 4.69) is 36.5 Å². The van der Waals surface area contributed by atoms with Gasteiger partial charge in [-0.15, -0.1) is 0 Å². The summed E-state index contributed by atoms with van der Waals surface area (Å²) >= 11 is 0. The highest BCUT2D eigenvalue weighted by atomic mass is 16.4. The van der Waals surface area contributed by atoms with Crippen LogP contribution in [-0.4, -0.2) is 45.5 Å². The number of aromatic hydroxyl groups is 2. The number of hydrogen-bond acceptors (Lipinski definition) is 5. The van der Waals surface area contributed by atoms with Gasteiger partial charge >= 0.3 is 11.9 Å². The summed E-state index contributed by atoms with van der Waals surface area (Å²) in [6.45, 7) is 3.93. The lowest BCUT2D eigenvalue weighted by atomic mass is 10.1. The first kappa shape index (κ1) is 22.7. The Kier molecular flexibility index (Phi) is 9.85. The second-order valence-electron chi connectivity index (χ2n) is 6.01. The molecule has 0 heterocycles. The molecule has 0 aliphatic heterocycles. The Hall–Kier alpha value is -3.32. The number of carbonyl (C=O) groups is 2. The third-order valence-electron chi connectivity index (χ3n) is 3.83. The summed E-state index contributed by atoms with van der Waals surface area (Å²) in [5.41, 5.74) is 3.73. The maximum Gasteiger partial charge on any atom is 0.328 e. The first-order valence-corrected chi connectivity index (χ1v) is 8.69. The first-order chi connectivity index (χ1) is 13.3. The minimum absolute atomic E-state index is 0.0533. The minimum atomic E-state index is -1.26. The van der Waals surface area contributed by atoms with Crippen LogP contribution in [0.1, 0.15) is 16.7 Å². The highest BCUT2D eigenvalue weighted by Gasteiger charge is 2.01. The van der Waals surface area contributed by atoms with Gasteiger partial charge in [-0.05, 0) is 61.7 Å². The Bertz CT molecular complexity index is 800. The highest BCUT2D eigenvalue weighted by Crippen LogP contribution is 2.24. The van der Waals surface area contributed by atoms with E-state index in [1.165, 1.54) is 17.2 Å². The summed E-state index contributed by atoms with van der Waals surface area (Å²) < 4.78 is 0. The number of nitrogens with one attached hydrogen (secondary N) is 1. The van der Waals surface area contributed by atoms with Crippen molar-refractivity contribution < 1.29 is 30.0 Å². The van der Waals surface area contributed by atoms with Gasteiger partial charge in [-0.2, -0.15) is 0 Å². The summed E-state index contributed by atoms with van der Waals surface area (Å²) in [5.74, 6) is -2.64. The number of benzene rings is 2. The van der Waals surface area contributed by atoms with Crippen LogP contribution in [0.2, 0.25) is 0 Å². The van der Waals surface area contributed by atoms with E-state index in [0.29, 0.717) is 12.2 Å². The Morgan fingerprint density at radius 1 is 0.893 bits per heavy atom. The van der Waals surface area contributed by atoms with Crippen molar-refractivity contribution >= 4 is 11.9 Å². The van der Waals surface area contributed by atoms with Gasteiger partial charge in [0.1, 0.15) is 0 Å². The lowest BCUT2D eigenvalue weighted by Crippen LogP contribution is -2.20. The number of hydrogen-bond donors (Lipinski definition) is 5. The van der Waals surface area contributed by atoms with Crippen LogP contribution in [0.5, 0.6) is 11.5 Å². The number of carboxylic acid groups (broad SMARTS) is 2. The van der Waals surface area contributed by atoms with Crippen LogP contribution in [-0.2, 0) is 22.4 Å². The molecule has 28 heavy (non-hydrogen) atoms. The third-order valence-corrected chi connectivity index (χ3v) is 3.83. The normalized spacial score (nSPS) is 10.3. The molecule has 0 bridgehead atoms. The minimum Gasteiger partial charge on any atom is -0.504 e. The molecule has 0 spiro atoms. The number of aryl methyl sites for hydroxylation is 1. The van der Waals surface area contributed by atoms with Gasteiger partial charge in [0, 0.05) is 12.2 Å². The van der Waals surface area contributed by atoms with Crippen molar-refractivity contribution in [2.75, 3.05) is 13.1 Å². The van der Waals surface area contributed by atoms with E-state index in [9.17, 15) is 19.8 Å². The van der Waals surface area contributed by atoms with Crippen molar-refractivity contribution in [1.82, 2.24) is 5.32 Å². The third kappa shape index (κ3) is 9.40. The van der Waals surface area contributed by atoms with Crippen LogP contribution in [0.3, 0.4) is 0 Å². The molecule has 0 radical (unpaired) electrons. The van der Waals surface area contributed by atoms with Crippen LogP contribution in [0.25, 0.3) is 0 Å². The molecule has 0 fully saturated rings. The van der Waals surface area contributed by atoms with Gasteiger partial charge in [-0.3, -0.25) is 0 Å². The Morgan fingerprint density at radius 3 is 2.07 bits per heavy atom. The number of aliphatic carboxylic acids is 2. The largest absolute Gasteiger partial charge is 0.504 e. The second kappa shape index (κ2) is 12.1. The zero-order valence-corrected chi connectivity index (χ0v) is 15.6. The second-order valence-corrected chi connectivity index (χ2v) is 6.01. The molecule has 0 aromatic heterocycles. The van der Waals surface area contributed by atoms with Crippen molar-refractivity contribution in [1.29, 1.82) is 0 Å². The first-order valence-electron chi connectivity index (χ1n) is 8.69. The van der Waals surface area contributed by atoms with Crippen LogP contribution in [0.4, 0.5) is 0 Å². The standard InChI is InChI=1S/C17H21NO2.C4H4O4/c1-13-4-2-3-5-15(13)9-11-18-10-8-14-6-7-16(19)17(20)12-14;5-3(6)1-2-4(7)8/h2-7,12,18-20H,8-11H2,1H3;1-2H,(H,5,6)(H,7,8)/b;2-1+. The zero-order valence-electron chi connectivity index (χ0n) is 15.6. The van der Waals surface area contributed by atoms with E-state index < -0.39 is 11.9 Å². The summed E-state index contributed by atoms with van der Waals surface area (Å²) in [7, 11) is 0. The fraction of sp³-hybridized carbons (Fsp3) is 0.238. The van der Waals surface area contributed by atoms with Gasteiger partial charge in [0.25, 0.3) is 0 Å². The molecule has 7 nitrogen and oxygen atoms in total. The molecule has 0 aliphatic carbocycles. The van der Waals surface area contributed by atoms with E-state index in [1.807, 2.05) is 6.07 Å². The number of carboxylic acids is 2. The zero-order chi connectivity index (χ0) is 20.9. The number of phenolic OH excluding ortho intramolecular Hbond substituents is 2. The quantitative estimate of drug-likeness (QED) is 0.267. The summed E-state index contributed by atoms with van der Waals surface area (Å²) in [4.78, 5) is 19.1. The summed E-state index contributed by atoms with van der Waals surface area (Å²) in [6, 6.07) is 13.4. The number of rotatable bonds is 8. The molecule has 2 rings (SSSR count). The van der Waals surface area contributed by atoms with Crippen molar-refractivity contribution in [3.63, 3.8) is 0 Å². The summed E-state index contributed by atoms with van der Waals surface area (Å²) in [5, 5.41) is 37.7. The van der Waals surface area contributed by atoms with Gasteiger partial charge in [0.15, 0.2) is 11.5 Å². The Morgan fingerprint density at radius 2 is 1.50 bits per heavy atom. The SMILES string of the molecule is Cc1ccccc1CCNCCc1ccc(O)c(O)c1.O=C(O)/C=C/C(=O)O. The average molecular weight is 387 g/mol. The number of phenols is 2. The lowest BCUT2D eigenvalue weighted by molar-refractivity contribution is -0.134. The maximum atomic E-state index is 9.55. The smallest absolute Gasteiger partial charge is 0.328 e. The molecule has 5 N–H and O–H groups in total. The molecular weight excluding hydrogens is 362 g/mol. The molecule has 150 valence electrons. The molecule has 7 heteroatoms. The van der Waals surface area contributed by atoms with Crippen molar-refractivity contribution in [2.45, 2.75) is 19.8 Å². The van der Waals surface area contributed by atoms with Crippen molar-refractivity contribution in [3.8, 4) is 11.5 Å². The van der Waals surface area contributed by atoms with Crippen molar-refractivity contribution in [3.05, 3.63) is 71.3 Å². The van der Waals surface area contributed by atoms with Gasteiger partial charge in [-0.25, -0.2) is 9.59 Å². The molecule has 2 aromatic carbocycles. The van der Waals surface area contributed by atoms with Gasteiger partial charge in [0.2, 0.25) is 0 Å². The van der Waals surface area contributed by atoms with E-state index in [0.717, 1.165) is 31.5 Å². The molecule has 0 atom stereocenters. The molecule has 0 saturated heterocycles. The predicted molar refractivity (Wildman–Crippen MR) is 106 cm³/mol. The average Bonchev–Trinajstić information content (AvgIpc) is 2.64. The highest BCUT2D eigenvalue weighted by molar-refractivity contribution is 5.89. The van der Waals surface area contributed by atoms with Crippen LogP contribution < -0.4 is 5.32 Å². The molecule has 0 unspecified atom stereocenters. The topological polar surface area (TPSA) is 127 Å². The maximum absolute atomic E-state index is 9.55. The summed E-state index contributed by atoms with van der Waals surface area (Å²) in [6.07, 6.45) is 2.97. The molecule has 0 saturated carbocycles. The fourth-order valence-electron chi connectivity index (χ4n) is 2.34. The van der Waals surface area contributed by atoms with Gasteiger partial charge in [0.05, 0.1) is 0 Å². The van der Waals surface area contributed by atoms with Gasteiger partial charge < -0.3 is 25.7 Å². The van der Waals surface area contributed by atoms with Crippen LogP contribution in [0, 0.1) is 6.92 Å². The van der Waals surface area contributed by atoms with E-state index in [4.69, 9.17) is 10.2 Å². The van der Waals surface area contributed by atoms with Crippen LogP contribution in [0.15, 0.2) is 54.6 Å². The van der Waals surface area contributed by atoms with Crippen molar-refractivity contribution in [2.24, 2.45) is 0 Å². The lowest BCUT2D eigenvalue weighted by Gasteiger charge is -2.08. The monoisotopic (exact) mass is 387 g/mol. The Balaban J connectivity index is 0.000000416. The van der Waals surface area contributed by atoms with Crippen LogP contribution >= 0.6 is 0 Å². The molecule has 2 aromatic rings. The molecule has 0 aliphatic rings.